The maximum Gasteiger partial charge on any atom is 0.133 e. The lowest BCUT2D eigenvalue weighted by atomic mass is 10.2. The maximum absolute atomic E-state index is 10.8. The SMILES string of the molecule is COC(C)C1CC1C(C)=O. The van der Waals surface area contributed by atoms with E-state index in [2.05, 4.69) is 0 Å². The van der Waals surface area contributed by atoms with Crippen LogP contribution in [0.15, 0.2) is 0 Å². The second-order valence-electron chi connectivity index (χ2n) is 3.06. The largest absolute Gasteiger partial charge is 0.381 e. The topological polar surface area (TPSA) is 26.3 Å². The molecule has 0 heterocycles. The predicted molar refractivity (Wildman–Crippen MR) is 38.7 cm³/mol. The Morgan fingerprint density at radius 3 is 2.60 bits per heavy atom. The summed E-state index contributed by atoms with van der Waals surface area (Å²) in [6.07, 6.45) is 1.29. The van der Waals surface area contributed by atoms with Crippen LogP contribution in [0.5, 0.6) is 0 Å². The fourth-order valence-electron chi connectivity index (χ4n) is 1.38. The fourth-order valence-corrected chi connectivity index (χ4v) is 1.38. The summed E-state index contributed by atoms with van der Waals surface area (Å²) in [4.78, 5) is 10.8. The van der Waals surface area contributed by atoms with E-state index in [1.807, 2.05) is 6.92 Å². The van der Waals surface area contributed by atoms with Crippen molar-refractivity contribution in [3.05, 3.63) is 0 Å². The van der Waals surface area contributed by atoms with Crippen LogP contribution < -0.4 is 0 Å². The Bertz CT molecular complexity index is 142. The van der Waals surface area contributed by atoms with Crippen molar-refractivity contribution in [2.24, 2.45) is 11.8 Å². The van der Waals surface area contributed by atoms with Gasteiger partial charge in [-0.05, 0) is 26.2 Å². The summed E-state index contributed by atoms with van der Waals surface area (Å²) in [7, 11) is 1.69. The molecule has 0 N–H and O–H groups in total. The van der Waals surface area contributed by atoms with Crippen molar-refractivity contribution in [2.45, 2.75) is 26.4 Å². The maximum atomic E-state index is 10.8. The van der Waals surface area contributed by atoms with E-state index in [-0.39, 0.29) is 6.10 Å². The van der Waals surface area contributed by atoms with Gasteiger partial charge in [-0.3, -0.25) is 4.79 Å². The molecule has 3 unspecified atom stereocenters. The highest BCUT2D eigenvalue weighted by Crippen LogP contribution is 2.42. The first-order valence-electron chi connectivity index (χ1n) is 3.70. The van der Waals surface area contributed by atoms with Gasteiger partial charge in [-0.1, -0.05) is 0 Å². The Hall–Kier alpha value is -0.370. The Balaban J connectivity index is 2.31. The van der Waals surface area contributed by atoms with Crippen LogP contribution >= 0.6 is 0 Å². The second-order valence-corrected chi connectivity index (χ2v) is 3.06. The molecule has 2 heteroatoms. The van der Waals surface area contributed by atoms with E-state index >= 15 is 0 Å². The van der Waals surface area contributed by atoms with E-state index in [1.54, 1.807) is 14.0 Å². The molecule has 10 heavy (non-hydrogen) atoms. The molecule has 1 rings (SSSR count). The first-order valence-corrected chi connectivity index (χ1v) is 3.70. The molecule has 0 amide bonds. The van der Waals surface area contributed by atoms with Crippen molar-refractivity contribution in [1.29, 1.82) is 0 Å². The minimum atomic E-state index is 0.258. The third kappa shape index (κ3) is 1.37. The number of hydrogen-bond acceptors (Lipinski definition) is 2. The molecule has 58 valence electrons. The minimum absolute atomic E-state index is 0.258. The van der Waals surface area contributed by atoms with Gasteiger partial charge < -0.3 is 4.74 Å². The number of ketones is 1. The second kappa shape index (κ2) is 2.70. The molecule has 1 saturated carbocycles. The molecule has 0 radical (unpaired) electrons. The zero-order valence-corrected chi connectivity index (χ0v) is 6.76. The third-order valence-electron chi connectivity index (χ3n) is 2.34. The molecule has 0 aromatic carbocycles. The van der Waals surface area contributed by atoms with Gasteiger partial charge in [0.2, 0.25) is 0 Å². The van der Waals surface area contributed by atoms with Crippen molar-refractivity contribution in [3.63, 3.8) is 0 Å². The van der Waals surface area contributed by atoms with Crippen molar-refractivity contribution in [3.8, 4) is 0 Å². The smallest absolute Gasteiger partial charge is 0.133 e. The van der Waals surface area contributed by atoms with Gasteiger partial charge in [-0.15, -0.1) is 0 Å². The lowest BCUT2D eigenvalue weighted by Crippen LogP contribution is -2.10. The molecule has 0 aromatic rings. The standard InChI is InChI=1S/C8H14O2/c1-5(9)7-4-8(7)6(2)10-3/h6-8H,4H2,1-3H3. The van der Waals surface area contributed by atoms with Gasteiger partial charge in [0.25, 0.3) is 0 Å². The highest BCUT2D eigenvalue weighted by molar-refractivity contribution is 5.81. The number of ether oxygens (including phenoxy) is 1. The van der Waals surface area contributed by atoms with Crippen molar-refractivity contribution in [1.82, 2.24) is 0 Å². The van der Waals surface area contributed by atoms with Crippen molar-refractivity contribution < 1.29 is 9.53 Å². The Labute approximate surface area is 61.6 Å². The quantitative estimate of drug-likeness (QED) is 0.592. The number of carbonyl (C=O) groups excluding carboxylic acids is 1. The molecular formula is C8H14O2. The molecule has 2 nitrogen and oxygen atoms in total. The fraction of sp³-hybridized carbons (Fsp3) is 0.875. The lowest BCUT2D eigenvalue weighted by Gasteiger charge is -2.06. The third-order valence-corrected chi connectivity index (χ3v) is 2.34. The molecule has 0 saturated heterocycles. The van der Waals surface area contributed by atoms with E-state index in [0.717, 1.165) is 6.42 Å². The van der Waals surface area contributed by atoms with E-state index < -0.39 is 0 Å². The minimum Gasteiger partial charge on any atom is -0.381 e. The Morgan fingerprint density at radius 2 is 2.30 bits per heavy atom. The van der Waals surface area contributed by atoms with Crippen LogP contribution in [0, 0.1) is 11.8 Å². The van der Waals surface area contributed by atoms with Crippen LogP contribution in [-0.2, 0) is 9.53 Å². The summed E-state index contributed by atoms with van der Waals surface area (Å²) in [5, 5.41) is 0. The van der Waals surface area contributed by atoms with E-state index in [0.29, 0.717) is 17.6 Å². The summed E-state index contributed by atoms with van der Waals surface area (Å²) >= 11 is 0. The first-order chi connectivity index (χ1) is 4.66. The molecule has 0 aromatic heterocycles. The number of methoxy groups -OCH3 is 1. The molecule has 0 bridgehead atoms. The summed E-state index contributed by atoms with van der Waals surface area (Å²) < 4.78 is 5.10. The number of Topliss-reactive ketones (excluding diaryl/α,β-unsaturated/α-hetero) is 1. The molecular weight excluding hydrogens is 128 g/mol. The average Bonchev–Trinajstić information content (AvgIpc) is 2.64. The zero-order valence-electron chi connectivity index (χ0n) is 6.76. The Morgan fingerprint density at radius 1 is 1.70 bits per heavy atom. The average molecular weight is 142 g/mol. The van der Waals surface area contributed by atoms with Gasteiger partial charge >= 0.3 is 0 Å². The number of hydrogen-bond donors (Lipinski definition) is 0. The van der Waals surface area contributed by atoms with Crippen molar-refractivity contribution >= 4 is 5.78 Å². The summed E-state index contributed by atoms with van der Waals surface area (Å²) in [6, 6.07) is 0. The number of rotatable bonds is 3. The Kier molecular flexibility index (Phi) is 2.09. The van der Waals surface area contributed by atoms with Gasteiger partial charge in [-0.2, -0.15) is 0 Å². The molecule has 1 aliphatic rings. The van der Waals surface area contributed by atoms with Gasteiger partial charge in [-0.25, -0.2) is 0 Å². The molecule has 1 aliphatic carbocycles. The molecule has 1 fully saturated rings. The van der Waals surface area contributed by atoms with Crippen LogP contribution in [0.25, 0.3) is 0 Å². The highest BCUT2D eigenvalue weighted by atomic mass is 16.5. The monoisotopic (exact) mass is 142 g/mol. The molecule has 3 atom stereocenters. The molecule has 0 aliphatic heterocycles. The van der Waals surface area contributed by atoms with Gasteiger partial charge in [0.05, 0.1) is 6.10 Å². The summed E-state index contributed by atoms with van der Waals surface area (Å²) in [6.45, 7) is 3.68. The summed E-state index contributed by atoms with van der Waals surface area (Å²) in [5.74, 6) is 1.12. The van der Waals surface area contributed by atoms with E-state index in [4.69, 9.17) is 4.74 Å². The first kappa shape index (κ1) is 7.73. The van der Waals surface area contributed by atoms with Crippen LogP contribution in [-0.4, -0.2) is 19.0 Å². The lowest BCUT2D eigenvalue weighted by molar-refractivity contribution is -0.118. The van der Waals surface area contributed by atoms with Crippen LogP contribution in [0.4, 0.5) is 0 Å². The van der Waals surface area contributed by atoms with Gasteiger partial charge in [0.1, 0.15) is 5.78 Å². The van der Waals surface area contributed by atoms with Crippen LogP contribution in [0.2, 0.25) is 0 Å². The van der Waals surface area contributed by atoms with E-state index in [9.17, 15) is 4.79 Å². The van der Waals surface area contributed by atoms with Gasteiger partial charge in [0, 0.05) is 13.0 Å². The van der Waals surface area contributed by atoms with Gasteiger partial charge in [0.15, 0.2) is 0 Å². The van der Waals surface area contributed by atoms with E-state index in [1.165, 1.54) is 0 Å². The number of carbonyl (C=O) groups is 1. The van der Waals surface area contributed by atoms with Crippen LogP contribution in [0.1, 0.15) is 20.3 Å². The van der Waals surface area contributed by atoms with Crippen LogP contribution in [0.3, 0.4) is 0 Å². The molecule has 0 spiro atoms. The van der Waals surface area contributed by atoms with Crippen molar-refractivity contribution in [2.75, 3.05) is 7.11 Å². The predicted octanol–water partition coefficient (Wildman–Crippen LogP) is 1.25. The highest BCUT2D eigenvalue weighted by Gasteiger charge is 2.44. The normalized spacial score (nSPS) is 33.5. The zero-order chi connectivity index (χ0) is 7.72. The summed E-state index contributed by atoms with van der Waals surface area (Å²) in [5.41, 5.74) is 0.